The van der Waals surface area contributed by atoms with Gasteiger partial charge in [-0.3, -0.25) is 9.59 Å². The molecule has 0 bridgehead atoms. The third kappa shape index (κ3) is 3.11. The second-order valence-electron chi connectivity index (χ2n) is 5.60. The van der Waals surface area contributed by atoms with Gasteiger partial charge in [-0.2, -0.15) is 11.8 Å². The molecule has 1 aromatic carbocycles. The summed E-state index contributed by atoms with van der Waals surface area (Å²) in [6.45, 7) is 2.12. The Hall–Kier alpha value is -1.56. The highest BCUT2D eigenvalue weighted by atomic mass is 32.2. The minimum absolute atomic E-state index is 0.0632. The van der Waals surface area contributed by atoms with Crippen molar-refractivity contribution in [1.82, 2.24) is 9.80 Å². The average Bonchev–Trinajstić information content (AvgIpc) is 3.04. The Balaban J connectivity index is 1.73. The summed E-state index contributed by atoms with van der Waals surface area (Å²) in [5, 5.41) is 0. The maximum absolute atomic E-state index is 13.0. The van der Waals surface area contributed by atoms with Crippen LogP contribution in [0.5, 0.6) is 0 Å². The van der Waals surface area contributed by atoms with E-state index < -0.39 is 0 Å². The second-order valence-corrected chi connectivity index (χ2v) is 6.83. The first kappa shape index (κ1) is 15.3. The van der Waals surface area contributed by atoms with E-state index in [1.165, 1.54) is 24.3 Å². The number of carbonyl (C=O) groups is 2. The van der Waals surface area contributed by atoms with Gasteiger partial charge < -0.3 is 9.80 Å². The summed E-state index contributed by atoms with van der Waals surface area (Å²) in [7, 11) is 0. The van der Waals surface area contributed by atoms with E-state index in [9.17, 15) is 14.0 Å². The van der Waals surface area contributed by atoms with E-state index in [2.05, 4.69) is 0 Å². The first-order valence-electron chi connectivity index (χ1n) is 7.60. The molecular weight excluding hydrogens is 303 g/mol. The van der Waals surface area contributed by atoms with Gasteiger partial charge in [-0.15, -0.1) is 0 Å². The molecule has 6 heteroatoms. The standard InChI is InChI=1S/C16H19FN2O2S/c17-13-5-3-12(4-6-13)15(20)19-7-1-2-14(19)16(21)18-8-10-22-11-9-18/h3-6,14H,1-2,7-11H2/t14-/m1/s1. The van der Waals surface area contributed by atoms with E-state index in [1.807, 2.05) is 16.7 Å². The van der Waals surface area contributed by atoms with Crippen LogP contribution in [-0.4, -0.2) is 58.8 Å². The van der Waals surface area contributed by atoms with E-state index in [0.29, 0.717) is 12.1 Å². The fraction of sp³-hybridized carbons (Fsp3) is 0.500. The van der Waals surface area contributed by atoms with Crippen LogP contribution in [0.15, 0.2) is 24.3 Å². The first-order chi connectivity index (χ1) is 10.7. The van der Waals surface area contributed by atoms with Crippen molar-refractivity contribution in [2.24, 2.45) is 0 Å². The van der Waals surface area contributed by atoms with Gasteiger partial charge in [0.25, 0.3) is 5.91 Å². The van der Waals surface area contributed by atoms with Crippen molar-refractivity contribution >= 4 is 23.6 Å². The van der Waals surface area contributed by atoms with Gasteiger partial charge >= 0.3 is 0 Å². The zero-order chi connectivity index (χ0) is 15.5. The molecule has 0 aromatic heterocycles. The van der Waals surface area contributed by atoms with Gasteiger partial charge in [0.2, 0.25) is 5.91 Å². The van der Waals surface area contributed by atoms with Crippen LogP contribution in [0.3, 0.4) is 0 Å². The van der Waals surface area contributed by atoms with Gasteiger partial charge in [-0.25, -0.2) is 4.39 Å². The Morgan fingerprint density at radius 3 is 2.45 bits per heavy atom. The normalized spacial score (nSPS) is 22.0. The van der Waals surface area contributed by atoms with Crippen LogP contribution >= 0.6 is 11.8 Å². The lowest BCUT2D eigenvalue weighted by atomic mass is 10.1. The van der Waals surface area contributed by atoms with Crippen molar-refractivity contribution in [3.63, 3.8) is 0 Å². The zero-order valence-corrected chi connectivity index (χ0v) is 13.2. The predicted molar refractivity (Wildman–Crippen MR) is 84.4 cm³/mol. The van der Waals surface area contributed by atoms with Crippen LogP contribution in [0, 0.1) is 5.82 Å². The summed E-state index contributed by atoms with van der Waals surface area (Å²) in [6, 6.07) is 5.16. The van der Waals surface area contributed by atoms with Gasteiger partial charge in [0.15, 0.2) is 0 Å². The predicted octanol–water partition coefficient (Wildman–Crippen LogP) is 2.01. The maximum Gasteiger partial charge on any atom is 0.254 e. The molecule has 2 heterocycles. The topological polar surface area (TPSA) is 40.6 Å². The largest absolute Gasteiger partial charge is 0.339 e. The van der Waals surface area contributed by atoms with Gasteiger partial charge in [0.1, 0.15) is 11.9 Å². The lowest BCUT2D eigenvalue weighted by Gasteiger charge is -2.32. The second kappa shape index (κ2) is 6.69. The molecule has 2 saturated heterocycles. The van der Waals surface area contributed by atoms with Gasteiger partial charge in [-0.05, 0) is 37.1 Å². The molecule has 22 heavy (non-hydrogen) atoms. The Kier molecular flexibility index (Phi) is 4.66. The lowest BCUT2D eigenvalue weighted by molar-refractivity contribution is -0.134. The summed E-state index contributed by atoms with van der Waals surface area (Å²) >= 11 is 1.85. The minimum atomic E-state index is -0.364. The van der Waals surface area contributed by atoms with Crippen LogP contribution in [-0.2, 0) is 4.79 Å². The summed E-state index contributed by atoms with van der Waals surface area (Å²) in [5.74, 6) is 1.45. The first-order valence-corrected chi connectivity index (χ1v) is 8.75. The molecule has 3 rings (SSSR count). The number of thioether (sulfide) groups is 1. The molecule has 0 spiro atoms. The molecule has 2 fully saturated rings. The van der Waals surface area contributed by atoms with Crippen molar-refractivity contribution < 1.29 is 14.0 Å². The number of carbonyl (C=O) groups excluding carboxylic acids is 2. The number of rotatable bonds is 2. The number of nitrogens with zero attached hydrogens (tertiary/aromatic N) is 2. The van der Waals surface area contributed by atoms with Crippen LogP contribution in [0.1, 0.15) is 23.2 Å². The molecule has 118 valence electrons. The Morgan fingerprint density at radius 2 is 1.77 bits per heavy atom. The SMILES string of the molecule is O=C([C@H]1CCCN1C(=O)c1ccc(F)cc1)N1CCSCC1. The smallest absolute Gasteiger partial charge is 0.254 e. The number of hydrogen-bond donors (Lipinski definition) is 0. The van der Waals surface area contributed by atoms with E-state index in [0.717, 1.165) is 37.4 Å². The van der Waals surface area contributed by atoms with Gasteiger partial charge in [0, 0.05) is 36.7 Å². The number of halogens is 1. The quantitative estimate of drug-likeness (QED) is 0.836. The van der Waals surface area contributed by atoms with Crippen molar-refractivity contribution in [3.05, 3.63) is 35.6 Å². The fourth-order valence-corrected chi connectivity index (χ4v) is 3.92. The van der Waals surface area contributed by atoms with Gasteiger partial charge in [-0.1, -0.05) is 0 Å². The molecular formula is C16H19FN2O2S. The molecule has 0 aliphatic carbocycles. The minimum Gasteiger partial charge on any atom is -0.339 e. The van der Waals surface area contributed by atoms with Crippen molar-refractivity contribution in [2.45, 2.75) is 18.9 Å². The van der Waals surface area contributed by atoms with Crippen LogP contribution in [0.2, 0.25) is 0 Å². The molecule has 1 aromatic rings. The molecule has 2 amide bonds. The molecule has 1 atom stereocenters. The number of amides is 2. The molecule has 0 N–H and O–H groups in total. The van der Waals surface area contributed by atoms with E-state index >= 15 is 0 Å². The zero-order valence-electron chi connectivity index (χ0n) is 12.3. The summed E-state index contributed by atoms with van der Waals surface area (Å²) < 4.78 is 13.0. The van der Waals surface area contributed by atoms with E-state index in [-0.39, 0.29) is 23.7 Å². The molecule has 4 nitrogen and oxygen atoms in total. The number of benzene rings is 1. The summed E-state index contributed by atoms with van der Waals surface area (Å²) in [4.78, 5) is 28.8. The Morgan fingerprint density at radius 1 is 1.09 bits per heavy atom. The molecule has 2 aliphatic heterocycles. The molecule has 2 aliphatic rings. The van der Waals surface area contributed by atoms with Crippen LogP contribution in [0.4, 0.5) is 4.39 Å². The van der Waals surface area contributed by atoms with Crippen LogP contribution < -0.4 is 0 Å². The maximum atomic E-state index is 13.0. The molecule has 0 unspecified atom stereocenters. The third-order valence-electron chi connectivity index (χ3n) is 4.21. The van der Waals surface area contributed by atoms with Crippen LogP contribution in [0.25, 0.3) is 0 Å². The molecule has 0 radical (unpaired) electrons. The summed E-state index contributed by atoms with van der Waals surface area (Å²) in [6.07, 6.45) is 1.56. The van der Waals surface area contributed by atoms with E-state index in [1.54, 1.807) is 4.90 Å². The number of hydrogen-bond acceptors (Lipinski definition) is 3. The van der Waals surface area contributed by atoms with Crippen molar-refractivity contribution in [2.75, 3.05) is 31.1 Å². The monoisotopic (exact) mass is 322 g/mol. The highest BCUT2D eigenvalue weighted by Crippen LogP contribution is 2.23. The third-order valence-corrected chi connectivity index (χ3v) is 5.16. The fourth-order valence-electron chi connectivity index (χ4n) is 3.02. The Bertz CT molecular complexity index is 558. The van der Waals surface area contributed by atoms with Crippen molar-refractivity contribution in [3.8, 4) is 0 Å². The van der Waals surface area contributed by atoms with Gasteiger partial charge in [0.05, 0.1) is 0 Å². The Labute approximate surface area is 133 Å². The average molecular weight is 322 g/mol. The highest BCUT2D eigenvalue weighted by Gasteiger charge is 2.37. The van der Waals surface area contributed by atoms with E-state index in [4.69, 9.17) is 0 Å². The summed E-state index contributed by atoms with van der Waals surface area (Å²) in [5.41, 5.74) is 0.440. The van der Waals surface area contributed by atoms with Crippen molar-refractivity contribution in [1.29, 1.82) is 0 Å². The highest BCUT2D eigenvalue weighted by molar-refractivity contribution is 7.99. The molecule has 0 saturated carbocycles. The number of likely N-dealkylation sites (tertiary alicyclic amines) is 1. The lowest BCUT2D eigenvalue weighted by Crippen LogP contribution is -2.50.